The van der Waals surface area contributed by atoms with E-state index in [0.717, 1.165) is 28.0 Å². The van der Waals surface area contributed by atoms with Crippen molar-refractivity contribution >= 4 is 185 Å². The fourth-order valence-corrected chi connectivity index (χ4v) is 14.7. The van der Waals surface area contributed by atoms with E-state index in [4.69, 9.17) is 0 Å². The first kappa shape index (κ1) is 47.1. The molecule has 9 aromatic carbocycles. The Morgan fingerprint density at radius 1 is 0.394 bits per heavy atom. The monoisotopic (exact) mass is 1180 g/mol. The molecular weight excluding hydrogens is 1150 g/mol. The Hall–Kier alpha value is -4.03. The summed E-state index contributed by atoms with van der Waals surface area (Å²) in [6, 6.07) is 65.6. The van der Waals surface area contributed by atoms with Crippen molar-refractivity contribution in [1.82, 2.24) is 0 Å². The highest BCUT2D eigenvalue weighted by Gasteiger charge is 2.18. The van der Waals surface area contributed by atoms with Crippen molar-refractivity contribution in [3.8, 4) is 22.3 Å². The minimum Gasteiger partial charge on any atom is -0.423 e. The van der Waals surface area contributed by atoms with Crippen molar-refractivity contribution in [2.45, 2.75) is 6.92 Å². The lowest BCUT2D eigenvalue weighted by Crippen LogP contribution is -2.29. The molecule has 12 aromatic rings. The molecular formula is C55H38BBr4O2PS3. The van der Waals surface area contributed by atoms with Gasteiger partial charge in [0.2, 0.25) is 0 Å². The molecule has 0 aliphatic rings. The van der Waals surface area contributed by atoms with Crippen LogP contribution < -0.4 is 10.8 Å². The van der Waals surface area contributed by atoms with Crippen molar-refractivity contribution in [2.24, 2.45) is 0 Å². The Balaban J connectivity index is 0.000000136. The van der Waals surface area contributed by atoms with Gasteiger partial charge in [0.05, 0.1) is 0 Å². The molecule has 3 aromatic heterocycles. The minimum atomic E-state index is -1.41. The van der Waals surface area contributed by atoms with Gasteiger partial charge >= 0.3 is 7.12 Å². The van der Waals surface area contributed by atoms with Crippen LogP contribution in [0.4, 0.5) is 0 Å². The summed E-state index contributed by atoms with van der Waals surface area (Å²) in [4.78, 5) is 0. The second kappa shape index (κ2) is 21.1. The Morgan fingerprint density at radius 3 is 1.18 bits per heavy atom. The maximum atomic E-state index is 9.31. The molecule has 0 saturated heterocycles. The maximum Gasteiger partial charge on any atom is 0.489 e. The number of thiophene rings is 3. The summed E-state index contributed by atoms with van der Waals surface area (Å²) in [6.45, 7) is 2.10. The molecule has 1 atom stereocenters. The fourth-order valence-electron chi connectivity index (χ4n) is 7.93. The Morgan fingerprint density at radius 2 is 0.758 bits per heavy atom. The van der Waals surface area contributed by atoms with Crippen LogP contribution in [0.2, 0.25) is 0 Å². The quantitative estimate of drug-likeness (QED) is 0.137. The number of aryl methyl sites for hydroxylation is 1. The van der Waals surface area contributed by atoms with Crippen molar-refractivity contribution in [1.29, 1.82) is 0 Å². The molecule has 0 amide bonds. The third-order valence-electron chi connectivity index (χ3n) is 11.1. The van der Waals surface area contributed by atoms with Gasteiger partial charge in [0.1, 0.15) is 0 Å². The molecule has 11 heteroatoms. The number of halogens is 4. The molecule has 12 rings (SSSR count). The largest absolute Gasteiger partial charge is 0.489 e. The fraction of sp³-hybridized carbons (Fsp3) is 0.0182. The SMILES string of the molecule is Brc1cc(-c2cccc3c2sc2ccccc23)cc(-c2cccc3c2sc2ccccc23)c1.Brc1cc(Br)cc(Br)c1.Cc1ccccc1P.OB(O)c1cccc2c1sc1ccccc12. The van der Waals surface area contributed by atoms with Gasteiger partial charge < -0.3 is 10.0 Å². The van der Waals surface area contributed by atoms with Crippen LogP contribution in [0.3, 0.4) is 0 Å². The van der Waals surface area contributed by atoms with Crippen LogP contribution in [0.25, 0.3) is 82.8 Å². The first-order valence-electron chi connectivity index (χ1n) is 20.8. The van der Waals surface area contributed by atoms with Crippen LogP contribution in [0.15, 0.2) is 206 Å². The number of rotatable bonds is 3. The molecule has 2 N–H and O–H groups in total. The van der Waals surface area contributed by atoms with E-state index in [1.807, 2.05) is 83.3 Å². The van der Waals surface area contributed by atoms with Crippen LogP contribution in [0.1, 0.15) is 5.56 Å². The number of hydrogen-bond acceptors (Lipinski definition) is 5. The first-order valence-corrected chi connectivity index (χ1v) is 27.0. The number of fused-ring (bicyclic) bond motifs is 9. The van der Waals surface area contributed by atoms with Crippen molar-refractivity contribution in [2.75, 3.05) is 0 Å². The number of hydrogen-bond donors (Lipinski definition) is 2. The average molecular weight is 1190 g/mol. The summed E-state index contributed by atoms with van der Waals surface area (Å²) in [5.74, 6) is 0. The Bertz CT molecular complexity index is 3490. The summed E-state index contributed by atoms with van der Waals surface area (Å²) in [7, 11) is 1.28. The highest BCUT2D eigenvalue weighted by Crippen LogP contribution is 2.44. The second-order valence-electron chi connectivity index (χ2n) is 15.4. The standard InChI is InChI=1S/C30H17BrS2.C12H9BO2S.C7H9P.C6H3Br3/c31-20-16-18(21-9-5-11-25-23-7-1-3-13-27(23)32-29(21)25)15-19(17-20)22-10-6-12-26-24-8-2-4-14-28(24)33-30(22)26;14-13(15)10-6-3-5-9-8-4-1-2-7-11(8)16-12(9)10;1-6-4-2-3-5-7(6)8;7-4-1-5(8)3-6(9)2-4/h1-17H;1-7,14-15H;2-5H,8H2,1H3;1-3H. The van der Waals surface area contributed by atoms with Crippen LogP contribution in [0.5, 0.6) is 0 Å². The van der Waals surface area contributed by atoms with Gasteiger partial charge in [0.15, 0.2) is 0 Å². The van der Waals surface area contributed by atoms with E-state index >= 15 is 0 Å². The molecule has 1 unspecified atom stereocenters. The third kappa shape index (κ3) is 10.3. The average Bonchev–Trinajstić information content (AvgIpc) is 4.01. The third-order valence-corrected chi connectivity index (χ3v) is 17.2. The minimum absolute atomic E-state index is 0.582. The van der Waals surface area contributed by atoms with Gasteiger partial charge in [-0.1, -0.05) is 197 Å². The molecule has 0 radical (unpaired) electrons. The van der Waals surface area contributed by atoms with Gasteiger partial charge in [-0.15, -0.1) is 43.3 Å². The summed E-state index contributed by atoms with van der Waals surface area (Å²) in [6.07, 6.45) is 0. The molecule has 2 nitrogen and oxygen atoms in total. The number of benzene rings is 9. The van der Waals surface area contributed by atoms with E-state index in [-0.39, 0.29) is 0 Å². The smallest absolute Gasteiger partial charge is 0.423 e. The van der Waals surface area contributed by atoms with Gasteiger partial charge in [-0.25, -0.2) is 0 Å². The summed E-state index contributed by atoms with van der Waals surface area (Å²) in [5, 5.41) is 27.5. The van der Waals surface area contributed by atoms with E-state index in [2.05, 4.69) is 201 Å². The van der Waals surface area contributed by atoms with Crippen LogP contribution in [-0.2, 0) is 0 Å². The molecule has 0 aliphatic heterocycles. The topological polar surface area (TPSA) is 40.5 Å². The molecule has 66 heavy (non-hydrogen) atoms. The highest BCUT2D eigenvalue weighted by molar-refractivity contribution is 9.11. The summed E-state index contributed by atoms with van der Waals surface area (Å²) >= 11 is 19.2. The molecule has 0 spiro atoms. The zero-order chi connectivity index (χ0) is 45.9. The predicted molar refractivity (Wildman–Crippen MR) is 310 cm³/mol. The highest BCUT2D eigenvalue weighted by atomic mass is 79.9. The van der Waals surface area contributed by atoms with Gasteiger partial charge in [0, 0.05) is 73.0 Å². The predicted octanol–water partition coefficient (Wildman–Crippen LogP) is 17.7. The summed E-state index contributed by atoms with van der Waals surface area (Å²) < 4.78 is 11.8. The molecule has 0 bridgehead atoms. The van der Waals surface area contributed by atoms with Crippen molar-refractivity contribution in [3.05, 3.63) is 212 Å². The van der Waals surface area contributed by atoms with Crippen LogP contribution in [0, 0.1) is 6.92 Å². The Kier molecular flexibility index (Phi) is 15.0. The normalized spacial score (nSPS) is 11.0. The molecule has 0 fully saturated rings. The molecule has 324 valence electrons. The van der Waals surface area contributed by atoms with E-state index in [0.29, 0.717) is 5.46 Å². The van der Waals surface area contributed by atoms with E-state index in [1.54, 1.807) is 17.4 Å². The lowest BCUT2D eigenvalue weighted by molar-refractivity contribution is 0.426. The summed E-state index contributed by atoms with van der Waals surface area (Å²) in [5.41, 5.74) is 6.99. The lowest BCUT2D eigenvalue weighted by Gasteiger charge is -2.10. The van der Waals surface area contributed by atoms with E-state index in [9.17, 15) is 10.0 Å². The van der Waals surface area contributed by atoms with Crippen molar-refractivity contribution in [3.63, 3.8) is 0 Å². The van der Waals surface area contributed by atoms with Gasteiger partial charge in [-0.2, -0.15) is 0 Å². The molecule has 0 saturated carbocycles. The maximum absolute atomic E-state index is 9.31. The zero-order valence-electron chi connectivity index (χ0n) is 35.2. The molecule has 3 heterocycles. The van der Waals surface area contributed by atoms with Crippen LogP contribution in [-0.4, -0.2) is 17.2 Å². The van der Waals surface area contributed by atoms with Crippen molar-refractivity contribution < 1.29 is 10.0 Å². The Labute approximate surface area is 431 Å². The second-order valence-corrected chi connectivity index (χ2v) is 22.9. The van der Waals surface area contributed by atoms with E-state index < -0.39 is 7.12 Å². The lowest BCUT2D eigenvalue weighted by atomic mass is 9.80. The first-order chi connectivity index (χ1) is 32.0. The zero-order valence-corrected chi connectivity index (χ0v) is 45.1. The van der Waals surface area contributed by atoms with Gasteiger partial charge in [0.25, 0.3) is 0 Å². The van der Waals surface area contributed by atoms with Crippen LogP contribution >= 0.6 is 107 Å². The van der Waals surface area contributed by atoms with Gasteiger partial charge in [-0.05, 0) is 105 Å². The molecule has 0 aliphatic carbocycles. The van der Waals surface area contributed by atoms with E-state index in [1.165, 1.54) is 83.6 Å². The van der Waals surface area contributed by atoms with Gasteiger partial charge in [-0.3, -0.25) is 0 Å².